The van der Waals surface area contributed by atoms with Gasteiger partial charge in [-0.2, -0.15) is 0 Å². The molecule has 0 saturated heterocycles. The molecule has 2 aromatic rings. The van der Waals surface area contributed by atoms with E-state index in [1.807, 2.05) is 36.4 Å². The van der Waals surface area contributed by atoms with Crippen molar-refractivity contribution >= 4 is 12.4 Å². The Hall–Kier alpha value is -1.91. The van der Waals surface area contributed by atoms with E-state index in [-0.39, 0.29) is 12.4 Å². The van der Waals surface area contributed by atoms with Crippen LogP contribution >= 0.6 is 12.4 Å². The van der Waals surface area contributed by atoms with Crippen molar-refractivity contribution < 1.29 is 14.2 Å². The smallest absolute Gasteiger partial charge is 0.122 e. The third-order valence-electron chi connectivity index (χ3n) is 3.38. The lowest BCUT2D eigenvalue weighted by molar-refractivity contribution is 0.293. The molecule has 0 aliphatic rings. The van der Waals surface area contributed by atoms with Crippen LogP contribution in [0.25, 0.3) is 0 Å². The maximum absolute atomic E-state index is 5.68. The third kappa shape index (κ3) is 7.57. The molecule has 0 spiro atoms. The molecule has 0 heterocycles. The number of hydrogen-bond donors (Lipinski definition) is 1. The molecule has 0 bridgehead atoms. The van der Waals surface area contributed by atoms with Crippen molar-refractivity contribution in [3.05, 3.63) is 54.1 Å². The molecule has 0 aliphatic carbocycles. The van der Waals surface area contributed by atoms with Crippen LogP contribution in [-0.2, 0) is 0 Å². The van der Waals surface area contributed by atoms with E-state index in [9.17, 15) is 0 Å². The number of rotatable bonds is 10. The van der Waals surface area contributed by atoms with Crippen LogP contribution in [0.15, 0.2) is 48.5 Å². The molecule has 0 amide bonds. The lowest BCUT2D eigenvalue weighted by atomic mass is 10.2. The second-order valence-corrected chi connectivity index (χ2v) is 5.29. The quantitative estimate of drug-likeness (QED) is 0.660. The molecule has 132 valence electrons. The Morgan fingerprint density at radius 1 is 0.833 bits per heavy atom. The van der Waals surface area contributed by atoms with Crippen molar-refractivity contribution in [2.75, 3.05) is 33.4 Å². The van der Waals surface area contributed by atoms with Crippen molar-refractivity contribution in [2.24, 2.45) is 0 Å². The Labute approximate surface area is 150 Å². The second kappa shape index (κ2) is 11.6. The zero-order valence-electron chi connectivity index (χ0n) is 14.3. The minimum Gasteiger partial charge on any atom is -0.497 e. The molecule has 0 fully saturated rings. The number of nitrogens with one attached hydrogen (secondary N) is 1. The summed E-state index contributed by atoms with van der Waals surface area (Å²) >= 11 is 0. The fourth-order valence-electron chi connectivity index (χ4n) is 2.08. The Kier molecular flexibility index (Phi) is 9.73. The molecule has 0 saturated carbocycles. The van der Waals surface area contributed by atoms with Gasteiger partial charge in [-0.05, 0) is 44.2 Å². The van der Waals surface area contributed by atoms with Crippen molar-refractivity contribution in [3.8, 4) is 17.2 Å². The SMILES string of the molecule is COc1cccc(OCCCNCCOc2ccc(C)cc2)c1.Cl. The zero-order valence-corrected chi connectivity index (χ0v) is 15.1. The lowest BCUT2D eigenvalue weighted by Gasteiger charge is -2.09. The van der Waals surface area contributed by atoms with Crippen LogP contribution in [0, 0.1) is 6.92 Å². The van der Waals surface area contributed by atoms with Gasteiger partial charge in [-0.1, -0.05) is 23.8 Å². The summed E-state index contributed by atoms with van der Waals surface area (Å²) in [6.07, 6.45) is 0.946. The molecule has 5 heteroatoms. The Balaban J connectivity index is 0.00000288. The molecule has 0 atom stereocenters. The predicted octanol–water partition coefficient (Wildman–Crippen LogP) is 3.86. The number of aryl methyl sites for hydroxylation is 1. The highest BCUT2D eigenvalue weighted by Crippen LogP contribution is 2.18. The van der Waals surface area contributed by atoms with Gasteiger partial charge in [0.25, 0.3) is 0 Å². The molecular formula is C19H26ClNO3. The predicted molar refractivity (Wildman–Crippen MR) is 99.9 cm³/mol. The van der Waals surface area contributed by atoms with Gasteiger partial charge in [-0.15, -0.1) is 12.4 Å². The average Bonchev–Trinajstić information content (AvgIpc) is 2.59. The summed E-state index contributed by atoms with van der Waals surface area (Å²) in [6, 6.07) is 15.8. The van der Waals surface area contributed by atoms with Crippen LogP contribution in [0.5, 0.6) is 17.2 Å². The van der Waals surface area contributed by atoms with Crippen LogP contribution in [0.2, 0.25) is 0 Å². The van der Waals surface area contributed by atoms with Crippen molar-refractivity contribution in [2.45, 2.75) is 13.3 Å². The Morgan fingerprint density at radius 3 is 2.29 bits per heavy atom. The van der Waals surface area contributed by atoms with Gasteiger partial charge in [0.1, 0.15) is 23.9 Å². The van der Waals surface area contributed by atoms with Crippen molar-refractivity contribution in [3.63, 3.8) is 0 Å². The summed E-state index contributed by atoms with van der Waals surface area (Å²) in [5.74, 6) is 2.57. The minimum atomic E-state index is 0. The van der Waals surface area contributed by atoms with Crippen LogP contribution in [0.3, 0.4) is 0 Å². The molecule has 0 aromatic heterocycles. The number of ether oxygens (including phenoxy) is 3. The summed E-state index contributed by atoms with van der Waals surface area (Å²) in [5, 5.41) is 3.35. The first kappa shape index (κ1) is 20.1. The maximum atomic E-state index is 5.68. The summed E-state index contributed by atoms with van der Waals surface area (Å²) in [6.45, 7) is 5.14. The van der Waals surface area contributed by atoms with Crippen LogP contribution in [-0.4, -0.2) is 33.4 Å². The van der Waals surface area contributed by atoms with Gasteiger partial charge in [0.15, 0.2) is 0 Å². The monoisotopic (exact) mass is 351 g/mol. The lowest BCUT2D eigenvalue weighted by Crippen LogP contribution is -2.23. The largest absolute Gasteiger partial charge is 0.497 e. The molecule has 24 heavy (non-hydrogen) atoms. The van der Waals surface area contributed by atoms with Crippen molar-refractivity contribution in [1.82, 2.24) is 5.32 Å². The highest BCUT2D eigenvalue weighted by molar-refractivity contribution is 5.85. The number of methoxy groups -OCH3 is 1. The first-order valence-corrected chi connectivity index (χ1v) is 7.95. The molecule has 2 aromatic carbocycles. The first-order valence-electron chi connectivity index (χ1n) is 7.95. The van der Waals surface area contributed by atoms with Gasteiger partial charge in [-0.3, -0.25) is 0 Å². The standard InChI is InChI=1S/C19H25NO3.ClH/c1-16-7-9-17(10-8-16)23-14-12-20-11-4-13-22-19-6-3-5-18(15-19)21-2;/h3,5-10,15,20H,4,11-14H2,1-2H3;1H. The van der Waals surface area contributed by atoms with E-state index < -0.39 is 0 Å². The fraction of sp³-hybridized carbons (Fsp3) is 0.368. The van der Waals surface area contributed by atoms with Crippen LogP contribution in [0.4, 0.5) is 0 Å². The summed E-state index contributed by atoms with van der Waals surface area (Å²) in [7, 11) is 1.65. The zero-order chi connectivity index (χ0) is 16.3. The Bertz CT molecular complexity index is 575. The summed E-state index contributed by atoms with van der Waals surface area (Å²) in [5.41, 5.74) is 1.24. The summed E-state index contributed by atoms with van der Waals surface area (Å²) < 4.78 is 16.5. The summed E-state index contributed by atoms with van der Waals surface area (Å²) in [4.78, 5) is 0. The molecule has 0 aliphatic heterocycles. The molecule has 4 nitrogen and oxygen atoms in total. The van der Waals surface area contributed by atoms with Crippen molar-refractivity contribution in [1.29, 1.82) is 0 Å². The highest BCUT2D eigenvalue weighted by Gasteiger charge is 1.97. The van der Waals surface area contributed by atoms with Gasteiger partial charge >= 0.3 is 0 Å². The van der Waals surface area contributed by atoms with Gasteiger partial charge < -0.3 is 19.5 Å². The first-order chi connectivity index (χ1) is 11.3. The molecular weight excluding hydrogens is 326 g/mol. The minimum absolute atomic E-state index is 0. The van der Waals surface area contributed by atoms with Gasteiger partial charge in [0, 0.05) is 12.6 Å². The number of benzene rings is 2. The Morgan fingerprint density at radius 2 is 1.54 bits per heavy atom. The second-order valence-electron chi connectivity index (χ2n) is 5.29. The van der Waals surface area contributed by atoms with E-state index in [1.165, 1.54) is 5.56 Å². The molecule has 0 unspecified atom stereocenters. The normalized spacial score (nSPS) is 9.92. The van der Waals surface area contributed by atoms with E-state index in [0.717, 1.165) is 36.8 Å². The maximum Gasteiger partial charge on any atom is 0.122 e. The molecule has 2 rings (SSSR count). The van der Waals surface area contributed by atoms with Crippen LogP contribution in [0.1, 0.15) is 12.0 Å². The highest BCUT2D eigenvalue weighted by atomic mass is 35.5. The van der Waals surface area contributed by atoms with E-state index >= 15 is 0 Å². The topological polar surface area (TPSA) is 39.7 Å². The van der Waals surface area contributed by atoms with E-state index in [2.05, 4.69) is 24.4 Å². The molecule has 1 N–H and O–H groups in total. The van der Waals surface area contributed by atoms with E-state index in [1.54, 1.807) is 7.11 Å². The molecule has 0 radical (unpaired) electrons. The number of hydrogen-bond acceptors (Lipinski definition) is 4. The number of halogens is 1. The van der Waals surface area contributed by atoms with Crippen LogP contribution < -0.4 is 19.5 Å². The average molecular weight is 352 g/mol. The van der Waals surface area contributed by atoms with E-state index in [0.29, 0.717) is 13.2 Å². The third-order valence-corrected chi connectivity index (χ3v) is 3.38. The van der Waals surface area contributed by atoms with Gasteiger partial charge in [0.05, 0.1) is 13.7 Å². The van der Waals surface area contributed by atoms with E-state index in [4.69, 9.17) is 14.2 Å². The fourth-order valence-corrected chi connectivity index (χ4v) is 2.08. The van der Waals surface area contributed by atoms with Gasteiger partial charge in [-0.25, -0.2) is 0 Å². The van der Waals surface area contributed by atoms with Gasteiger partial charge in [0.2, 0.25) is 0 Å².